The van der Waals surface area contributed by atoms with Crippen molar-refractivity contribution in [1.82, 2.24) is 15.0 Å². The molecule has 30 heteroatoms. The second-order valence-corrected chi connectivity index (χ2v) is 16.3. The van der Waals surface area contributed by atoms with E-state index in [1.54, 1.807) is 36.2 Å². The van der Waals surface area contributed by atoms with Crippen molar-refractivity contribution in [2.75, 3.05) is 47.2 Å². The Labute approximate surface area is 427 Å². The van der Waals surface area contributed by atoms with Crippen LogP contribution in [0.1, 0.15) is 10.4 Å². The Bertz CT molecular complexity index is 2510. The molecule has 1 aromatic heterocycles. The zero-order valence-corrected chi connectivity index (χ0v) is 42.2. The number of nitrogens with one attached hydrogen (secondary N) is 2. The predicted molar refractivity (Wildman–Crippen MR) is 202 cm³/mol. The number of benzene rings is 4. The summed E-state index contributed by atoms with van der Waals surface area (Å²) in [5, 5.41) is 53.4. The van der Waals surface area contributed by atoms with Crippen LogP contribution in [-0.4, -0.2) is 79.1 Å². The van der Waals surface area contributed by atoms with E-state index in [1.165, 1.54) is 48.5 Å². The van der Waals surface area contributed by atoms with Crippen molar-refractivity contribution in [3.63, 3.8) is 0 Å². The first-order valence-electron chi connectivity index (χ1n) is 15.8. The first-order valence-corrected chi connectivity index (χ1v) is 20.8. The van der Waals surface area contributed by atoms with Gasteiger partial charge < -0.3 is 35.7 Å². The molecule has 4 aromatic carbocycles. The van der Waals surface area contributed by atoms with Gasteiger partial charge in [-0.1, -0.05) is 0 Å². The van der Waals surface area contributed by atoms with E-state index in [0.717, 1.165) is 12.0 Å². The molecule has 0 aliphatic rings. The Hall–Kier alpha value is -1.81. The average Bonchev–Trinajstić information content (AvgIpc) is 3.18. The van der Waals surface area contributed by atoms with Gasteiger partial charge in [0.15, 0.2) is 15.6 Å². The number of rotatable bonds is 20. The maximum absolute atomic E-state index is 12.9. The number of aromatic nitrogens is 3. The van der Waals surface area contributed by atoms with Crippen LogP contribution >= 0.6 is 35.7 Å². The minimum Gasteiger partial charge on any atom is -0.726 e. The topological polar surface area (TPSA) is 312 Å². The van der Waals surface area contributed by atoms with Crippen LogP contribution in [0.2, 0.25) is 5.28 Å². The molecule has 0 aliphatic carbocycles. The van der Waals surface area contributed by atoms with Crippen LogP contribution in [0.5, 0.6) is 5.75 Å². The first-order chi connectivity index (χ1) is 27.7. The Morgan fingerprint density at radius 2 is 1.57 bits per heavy atom. The zero-order valence-electron chi connectivity index (χ0n) is 32.2. The van der Waals surface area contributed by atoms with E-state index in [4.69, 9.17) is 11.6 Å². The van der Waals surface area contributed by atoms with Gasteiger partial charge in [-0.05, 0) is 89.8 Å². The third-order valence-corrected chi connectivity index (χ3v) is 10.9. The van der Waals surface area contributed by atoms with Crippen LogP contribution in [0.4, 0.5) is 34.6 Å². The molecule has 0 bridgehead atoms. The van der Waals surface area contributed by atoms with Gasteiger partial charge in [-0.15, -0.1) is 5.11 Å². The number of anilines is 4. The standard InChI is InChI=1S/C31H29ClN8O14S4.3Na/c1-40(12-14-55-53-51-43)31-36-29(32)35-30(37-31)34-22-8-11-24-19(16-22)17-25(56-54-52-44)26(27(24)41)39-38-21-4-2-18(3-5-21)28(42)33-20-6-9-23(10-7-20)57(45,46)15-13-50-58(47,48)49;;;/h2-11,16-17,41,43-44H,12-15H2,1H3,(H,33,42)(H,47,48,49)(H,34,35,36,37);;;/q;3*+1/p-3. The smallest absolute Gasteiger partial charge is 0.726 e. The summed E-state index contributed by atoms with van der Waals surface area (Å²) in [7, 11) is -7.34. The monoisotopic (exact) mass is 966 g/mol. The largest absolute Gasteiger partial charge is 1.00 e. The molecule has 0 fully saturated rings. The summed E-state index contributed by atoms with van der Waals surface area (Å²) < 4.78 is 69.2. The number of aromatic hydroxyl groups is 1. The van der Waals surface area contributed by atoms with Crippen LogP contribution in [0.15, 0.2) is 92.8 Å². The quantitative estimate of drug-likeness (QED) is 0.00958. The summed E-state index contributed by atoms with van der Waals surface area (Å²) in [4.78, 5) is 27.0. The normalized spacial score (nSPS) is 11.4. The Balaban J connectivity index is 0.00000427. The molecular formula is C31H26ClN8Na3O14S4. The minimum absolute atomic E-state index is 0. The number of amides is 1. The number of carbonyl (C=O) groups is 1. The molecule has 0 atom stereocenters. The van der Waals surface area contributed by atoms with Gasteiger partial charge in [0.2, 0.25) is 27.6 Å². The van der Waals surface area contributed by atoms with Crippen LogP contribution in [0.25, 0.3) is 10.8 Å². The third-order valence-electron chi connectivity index (χ3n) is 7.43. The fourth-order valence-corrected chi connectivity index (χ4v) is 7.35. The third kappa shape index (κ3) is 16.9. The molecule has 0 saturated heterocycles. The van der Waals surface area contributed by atoms with E-state index in [-0.39, 0.29) is 144 Å². The van der Waals surface area contributed by atoms with Crippen molar-refractivity contribution >= 4 is 107 Å². The molecule has 1 heterocycles. The number of phenols is 1. The number of sulfone groups is 1. The van der Waals surface area contributed by atoms with E-state index >= 15 is 0 Å². The van der Waals surface area contributed by atoms with Gasteiger partial charge in [0, 0.05) is 53.7 Å². The maximum atomic E-state index is 12.9. The van der Waals surface area contributed by atoms with Crippen molar-refractivity contribution in [2.24, 2.45) is 10.2 Å². The average molecular weight is 967 g/mol. The SMILES string of the molecule is CN(CCSOO[O-])c1nc(Cl)nc(Nc2ccc3c(O)c(N=Nc4ccc(C(=O)Nc5ccc(S(=O)(=O)CCOS(=O)(=O)[O-])cc5)cc4)c(SOO[O-])cc3c2)n1.[Na+].[Na+].[Na+]. The van der Waals surface area contributed by atoms with Crippen LogP contribution in [0, 0.1) is 0 Å². The molecule has 0 radical (unpaired) electrons. The summed E-state index contributed by atoms with van der Waals surface area (Å²) in [6.07, 6.45) is 0. The van der Waals surface area contributed by atoms with Gasteiger partial charge >= 0.3 is 88.7 Å². The maximum Gasteiger partial charge on any atom is 1.00 e. The van der Waals surface area contributed by atoms with E-state index in [1.807, 2.05) is 0 Å². The molecule has 0 saturated carbocycles. The summed E-state index contributed by atoms with van der Waals surface area (Å²) in [5.41, 5.74) is 1.10. The van der Waals surface area contributed by atoms with Crippen LogP contribution in [-0.2, 0) is 43.2 Å². The fraction of sp³-hybridized carbons (Fsp3) is 0.161. The van der Waals surface area contributed by atoms with Crippen molar-refractivity contribution in [3.8, 4) is 5.75 Å². The molecular weight excluding hydrogens is 941 g/mol. The molecule has 3 N–H and O–H groups in total. The number of halogens is 1. The number of hydrogen-bond acceptors (Lipinski definition) is 23. The number of nitrogens with zero attached hydrogens (tertiary/aromatic N) is 6. The number of hydrogen-bond donors (Lipinski definition) is 3. The first kappa shape index (κ1) is 55.3. The molecule has 0 spiro atoms. The molecule has 308 valence electrons. The van der Waals surface area contributed by atoms with Gasteiger partial charge in [0.05, 0.1) is 39.9 Å². The van der Waals surface area contributed by atoms with E-state index in [2.05, 4.69) is 58.7 Å². The molecule has 22 nitrogen and oxygen atoms in total. The number of fused-ring (bicyclic) bond motifs is 1. The second kappa shape index (κ2) is 26.2. The van der Waals surface area contributed by atoms with Gasteiger partial charge in [0.25, 0.3) is 5.91 Å². The summed E-state index contributed by atoms with van der Waals surface area (Å²) in [5.74, 6) is -0.971. The van der Waals surface area contributed by atoms with E-state index in [0.29, 0.717) is 40.8 Å². The van der Waals surface area contributed by atoms with Crippen molar-refractivity contribution in [3.05, 3.63) is 83.6 Å². The number of azo groups is 1. The van der Waals surface area contributed by atoms with Gasteiger partial charge in [-0.3, -0.25) is 19.1 Å². The predicted octanol–water partition coefficient (Wildman–Crippen LogP) is -5.40. The van der Waals surface area contributed by atoms with Crippen LogP contribution < -0.4 is 115 Å². The second-order valence-electron chi connectivity index (χ2n) is 11.2. The van der Waals surface area contributed by atoms with Crippen LogP contribution in [0.3, 0.4) is 0 Å². The van der Waals surface area contributed by atoms with E-state index in [9.17, 15) is 41.8 Å². The molecule has 1 amide bonds. The molecule has 5 aromatic rings. The molecule has 5 rings (SSSR count). The number of phenolic OH excluding ortho intramolecular Hbond substituents is 1. The van der Waals surface area contributed by atoms with Crippen molar-refractivity contribution in [1.29, 1.82) is 0 Å². The molecule has 0 aliphatic heterocycles. The van der Waals surface area contributed by atoms with Gasteiger partial charge in [-0.2, -0.15) is 28.7 Å². The van der Waals surface area contributed by atoms with Gasteiger partial charge in [0.1, 0.15) is 5.69 Å². The van der Waals surface area contributed by atoms with Crippen molar-refractivity contribution < 1.29 is 153 Å². The Kier molecular flexibility index (Phi) is 23.8. The fourth-order valence-electron chi connectivity index (χ4n) is 4.76. The Morgan fingerprint density at radius 3 is 2.23 bits per heavy atom. The van der Waals surface area contributed by atoms with E-state index < -0.39 is 38.5 Å². The zero-order chi connectivity index (χ0) is 41.9. The number of carbonyl (C=O) groups excluding carboxylic acids is 1. The minimum atomic E-state index is -5.04. The molecule has 0 unspecified atom stereocenters. The summed E-state index contributed by atoms with van der Waals surface area (Å²) >= 11 is 7.39. The van der Waals surface area contributed by atoms with Gasteiger partial charge in [-0.25, -0.2) is 16.8 Å². The molecule has 61 heavy (non-hydrogen) atoms. The Morgan fingerprint density at radius 1 is 0.902 bits per heavy atom. The van der Waals surface area contributed by atoms with Crippen molar-refractivity contribution in [2.45, 2.75) is 9.79 Å². The summed E-state index contributed by atoms with van der Waals surface area (Å²) in [6, 6.07) is 17.2. The summed E-state index contributed by atoms with van der Waals surface area (Å²) in [6.45, 7) is -0.484.